The number of hydrogen-bond acceptors (Lipinski definition) is 3. The third-order valence-electron chi connectivity index (χ3n) is 5.58. The van der Waals surface area contributed by atoms with Gasteiger partial charge in [-0.05, 0) is 34.1 Å². The standard InChI is InChI=1S/C22H20O3/c1-13-17(15-9-5-3-6-10-15)18(16-11-7-4-8-12-16)14(2)20-19(13)21(23)25-22(20)24/h3-14,19-20H,1-2H3. The average Bonchev–Trinajstić information content (AvgIpc) is 2.94. The summed E-state index contributed by atoms with van der Waals surface area (Å²) in [6.07, 6.45) is 0. The molecule has 1 aliphatic heterocycles. The van der Waals surface area contributed by atoms with Crippen LogP contribution in [0, 0.1) is 23.7 Å². The normalized spacial score (nSPS) is 28.7. The van der Waals surface area contributed by atoms with Crippen molar-refractivity contribution < 1.29 is 14.3 Å². The van der Waals surface area contributed by atoms with Gasteiger partial charge in [0.15, 0.2) is 0 Å². The van der Waals surface area contributed by atoms with E-state index in [1.165, 1.54) is 0 Å². The molecule has 0 bridgehead atoms. The highest BCUT2D eigenvalue weighted by Gasteiger charge is 2.54. The van der Waals surface area contributed by atoms with Crippen LogP contribution < -0.4 is 0 Å². The van der Waals surface area contributed by atoms with Crippen LogP contribution in [-0.2, 0) is 14.3 Å². The fourth-order valence-corrected chi connectivity index (χ4v) is 4.48. The van der Waals surface area contributed by atoms with E-state index in [-0.39, 0.29) is 23.8 Å². The molecule has 1 heterocycles. The van der Waals surface area contributed by atoms with Crippen LogP contribution in [0.4, 0.5) is 0 Å². The largest absolute Gasteiger partial charge is 0.393 e. The third-order valence-corrected chi connectivity index (χ3v) is 5.58. The monoisotopic (exact) mass is 332 g/mol. The number of allylic oxidation sites excluding steroid dienone is 2. The van der Waals surface area contributed by atoms with Gasteiger partial charge in [-0.1, -0.05) is 74.5 Å². The molecule has 0 saturated carbocycles. The second kappa shape index (κ2) is 5.99. The molecule has 1 aliphatic carbocycles. The third kappa shape index (κ3) is 2.42. The summed E-state index contributed by atoms with van der Waals surface area (Å²) in [5.74, 6) is -1.70. The first kappa shape index (κ1) is 15.8. The molecule has 4 unspecified atom stereocenters. The van der Waals surface area contributed by atoms with Gasteiger partial charge in [-0.15, -0.1) is 0 Å². The molecule has 0 N–H and O–H groups in total. The Morgan fingerprint density at radius 1 is 0.640 bits per heavy atom. The molecule has 0 radical (unpaired) electrons. The zero-order valence-corrected chi connectivity index (χ0v) is 14.3. The van der Waals surface area contributed by atoms with Crippen molar-refractivity contribution in [2.24, 2.45) is 23.7 Å². The minimum absolute atomic E-state index is 0.0715. The lowest BCUT2D eigenvalue weighted by molar-refractivity contribution is -0.154. The SMILES string of the molecule is CC1C(c2ccccc2)=C(c2ccccc2)C(C)C2C(=O)OC(=O)C12. The molecule has 0 aromatic heterocycles. The predicted octanol–water partition coefficient (Wildman–Crippen LogP) is 4.20. The van der Waals surface area contributed by atoms with Crippen molar-refractivity contribution in [3.05, 3.63) is 71.8 Å². The summed E-state index contributed by atoms with van der Waals surface area (Å²) < 4.78 is 5.01. The Kier molecular flexibility index (Phi) is 3.79. The van der Waals surface area contributed by atoms with Crippen LogP contribution in [0.25, 0.3) is 11.1 Å². The number of benzene rings is 2. The van der Waals surface area contributed by atoms with E-state index in [1.54, 1.807) is 0 Å². The maximum absolute atomic E-state index is 12.3. The van der Waals surface area contributed by atoms with Crippen molar-refractivity contribution >= 4 is 23.1 Å². The molecular formula is C22H20O3. The molecule has 3 nitrogen and oxygen atoms in total. The smallest absolute Gasteiger partial charge is 0.318 e. The van der Waals surface area contributed by atoms with E-state index in [0.29, 0.717) is 0 Å². The molecule has 2 aliphatic rings. The zero-order valence-electron chi connectivity index (χ0n) is 14.3. The lowest BCUT2D eigenvalue weighted by atomic mass is 9.63. The first-order chi connectivity index (χ1) is 12.1. The maximum Gasteiger partial charge on any atom is 0.318 e. The predicted molar refractivity (Wildman–Crippen MR) is 96.1 cm³/mol. The number of hydrogen-bond donors (Lipinski definition) is 0. The van der Waals surface area contributed by atoms with Gasteiger partial charge in [0, 0.05) is 0 Å². The quantitative estimate of drug-likeness (QED) is 0.611. The van der Waals surface area contributed by atoms with Crippen molar-refractivity contribution in [3.63, 3.8) is 0 Å². The van der Waals surface area contributed by atoms with E-state index in [4.69, 9.17) is 4.74 Å². The Balaban J connectivity index is 1.98. The van der Waals surface area contributed by atoms with E-state index >= 15 is 0 Å². The molecule has 1 fully saturated rings. The number of carbonyl (C=O) groups is 2. The van der Waals surface area contributed by atoms with Gasteiger partial charge in [0.25, 0.3) is 0 Å². The highest BCUT2D eigenvalue weighted by Crippen LogP contribution is 2.52. The summed E-state index contributed by atoms with van der Waals surface area (Å²) in [6.45, 7) is 4.07. The molecule has 126 valence electrons. The summed E-state index contributed by atoms with van der Waals surface area (Å²) >= 11 is 0. The number of cyclic esters (lactones) is 2. The van der Waals surface area contributed by atoms with Gasteiger partial charge in [-0.3, -0.25) is 9.59 Å². The van der Waals surface area contributed by atoms with Crippen molar-refractivity contribution in [3.8, 4) is 0 Å². The van der Waals surface area contributed by atoms with Crippen molar-refractivity contribution in [2.75, 3.05) is 0 Å². The number of rotatable bonds is 2. The van der Waals surface area contributed by atoms with E-state index in [0.717, 1.165) is 22.3 Å². The number of ether oxygens (including phenoxy) is 1. The number of fused-ring (bicyclic) bond motifs is 1. The van der Waals surface area contributed by atoms with Crippen molar-refractivity contribution in [2.45, 2.75) is 13.8 Å². The van der Waals surface area contributed by atoms with Crippen LogP contribution in [0.1, 0.15) is 25.0 Å². The molecule has 0 spiro atoms. The van der Waals surface area contributed by atoms with Crippen LogP contribution in [0.15, 0.2) is 60.7 Å². The van der Waals surface area contributed by atoms with Gasteiger partial charge >= 0.3 is 11.9 Å². The Morgan fingerprint density at radius 3 is 1.36 bits per heavy atom. The second-order valence-electron chi connectivity index (χ2n) is 6.93. The van der Waals surface area contributed by atoms with Gasteiger partial charge in [0.2, 0.25) is 0 Å². The minimum Gasteiger partial charge on any atom is -0.393 e. The lowest BCUT2D eigenvalue weighted by Crippen LogP contribution is -2.35. The summed E-state index contributed by atoms with van der Waals surface area (Å²) in [4.78, 5) is 24.7. The number of carbonyl (C=O) groups excluding carboxylic acids is 2. The van der Waals surface area contributed by atoms with Crippen LogP contribution >= 0.6 is 0 Å². The number of esters is 2. The van der Waals surface area contributed by atoms with Gasteiger partial charge in [0.05, 0.1) is 11.8 Å². The summed E-state index contributed by atoms with van der Waals surface area (Å²) in [5.41, 5.74) is 4.50. The summed E-state index contributed by atoms with van der Waals surface area (Å²) in [5, 5.41) is 0. The highest BCUT2D eigenvalue weighted by molar-refractivity contribution is 6.04. The van der Waals surface area contributed by atoms with Crippen LogP contribution in [0.2, 0.25) is 0 Å². The zero-order chi connectivity index (χ0) is 17.6. The van der Waals surface area contributed by atoms with Gasteiger partial charge in [-0.25, -0.2) is 0 Å². The molecule has 3 heteroatoms. The Labute approximate surface area is 147 Å². The fraction of sp³-hybridized carbons (Fsp3) is 0.273. The van der Waals surface area contributed by atoms with Crippen molar-refractivity contribution in [1.29, 1.82) is 0 Å². The Bertz CT molecular complexity index is 780. The molecule has 0 amide bonds. The highest BCUT2D eigenvalue weighted by atomic mass is 16.6. The van der Waals surface area contributed by atoms with Gasteiger partial charge in [0.1, 0.15) is 0 Å². The molecule has 2 aromatic rings. The van der Waals surface area contributed by atoms with E-state index in [9.17, 15) is 9.59 Å². The maximum atomic E-state index is 12.3. The minimum atomic E-state index is -0.398. The van der Waals surface area contributed by atoms with Crippen molar-refractivity contribution in [1.82, 2.24) is 0 Å². The molecule has 4 rings (SSSR count). The second-order valence-corrected chi connectivity index (χ2v) is 6.93. The summed E-state index contributed by atoms with van der Waals surface area (Å²) in [6, 6.07) is 20.3. The first-order valence-electron chi connectivity index (χ1n) is 8.70. The van der Waals surface area contributed by atoms with E-state index in [1.807, 2.05) is 50.2 Å². The topological polar surface area (TPSA) is 43.4 Å². The Hall–Kier alpha value is -2.68. The van der Waals surface area contributed by atoms with Gasteiger partial charge < -0.3 is 4.74 Å². The van der Waals surface area contributed by atoms with Crippen LogP contribution in [-0.4, -0.2) is 11.9 Å². The molecule has 4 atom stereocenters. The summed E-state index contributed by atoms with van der Waals surface area (Å²) in [7, 11) is 0. The van der Waals surface area contributed by atoms with E-state index < -0.39 is 11.8 Å². The van der Waals surface area contributed by atoms with Gasteiger partial charge in [-0.2, -0.15) is 0 Å². The first-order valence-corrected chi connectivity index (χ1v) is 8.70. The fourth-order valence-electron chi connectivity index (χ4n) is 4.48. The lowest BCUT2D eigenvalue weighted by Gasteiger charge is -2.37. The van der Waals surface area contributed by atoms with E-state index in [2.05, 4.69) is 24.3 Å². The average molecular weight is 332 g/mol. The molecule has 2 aromatic carbocycles. The van der Waals surface area contributed by atoms with Crippen LogP contribution in [0.5, 0.6) is 0 Å². The van der Waals surface area contributed by atoms with Crippen LogP contribution in [0.3, 0.4) is 0 Å². The molecule has 1 saturated heterocycles. The Morgan fingerprint density at radius 2 is 1.00 bits per heavy atom. The molecular weight excluding hydrogens is 312 g/mol. The molecule has 25 heavy (non-hydrogen) atoms.